The molecule has 0 amide bonds. The second-order valence-corrected chi connectivity index (χ2v) is 4.46. The maximum absolute atomic E-state index is 9.08. The summed E-state index contributed by atoms with van der Waals surface area (Å²) >= 11 is 0. The maximum atomic E-state index is 9.08. The van der Waals surface area contributed by atoms with E-state index in [4.69, 9.17) is 19.3 Å². The van der Waals surface area contributed by atoms with Gasteiger partial charge in [0.15, 0.2) is 11.5 Å². The van der Waals surface area contributed by atoms with Crippen LogP contribution in [0.2, 0.25) is 0 Å². The lowest BCUT2D eigenvalue weighted by atomic mass is 10.2. The molecule has 1 aromatic rings. The Labute approximate surface area is 108 Å². The Balaban J connectivity index is 2.44. The van der Waals surface area contributed by atoms with Gasteiger partial charge in [0.05, 0.1) is 20.3 Å². The molecule has 18 heavy (non-hydrogen) atoms. The highest BCUT2D eigenvalue weighted by Gasteiger charge is 2.05. The Morgan fingerprint density at radius 2 is 1.94 bits per heavy atom. The smallest absolute Gasteiger partial charge is 0.161 e. The first-order valence-electron chi connectivity index (χ1n) is 6.15. The highest BCUT2D eigenvalue weighted by Crippen LogP contribution is 2.27. The predicted octanol–water partition coefficient (Wildman–Crippen LogP) is 2.24. The summed E-state index contributed by atoms with van der Waals surface area (Å²) in [5.41, 5.74) is 0.800. The molecular formula is C14H22O4. The van der Waals surface area contributed by atoms with Crippen LogP contribution in [0.5, 0.6) is 11.5 Å². The van der Waals surface area contributed by atoms with Gasteiger partial charge in [0, 0.05) is 6.61 Å². The molecule has 1 rings (SSSR count). The van der Waals surface area contributed by atoms with Crippen LogP contribution in [-0.2, 0) is 11.3 Å². The normalized spacial score (nSPS) is 10.7. The second kappa shape index (κ2) is 7.95. The van der Waals surface area contributed by atoms with Crippen molar-refractivity contribution in [2.75, 3.05) is 26.9 Å². The van der Waals surface area contributed by atoms with Crippen molar-refractivity contribution < 1.29 is 19.3 Å². The van der Waals surface area contributed by atoms with E-state index in [1.807, 2.05) is 0 Å². The molecule has 0 aliphatic heterocycles. The first kappa shape index (κ1) is 14.8. The Morgan fingerprint density at radius 1 is 1.17 bits per heavy atom. The molecule has 0 saturated heterocycles. The number of hydrogen-bond donors (Lipinski definition) is 1. The number of benzene rings is 1. The van der Waals surface area contributed by atoms with Crippen molar-refractivity contribution in [1.82, 2.24) is 0 Å². The summed E-state index contributed by atoms with van der Waals surface area (Å²) in [5.74, 6) is 1.82. The van der Waals surface area contributed by atoms with Crippen LogP contribution in [0.25, 0.3) is 0 Å². The van der Waals surface area contributed by atoms with Crippen LogP contribution in [0, 0.1) is 5.92 Å². The first-order chi connectivity index (χ1) is 8.67. The van der Waals surface area contributed by atoms with Gasteiger partial charge in [0.2, 0.25) is 0 Å². The van der Waals surface area contributed by atoms with Crippen LogP contribution in [0.3, 0.4) is 0 Å². The lowest BCUT2D eigenvalue weighted by Crippen LogP contribution is -2.10. The third-order valence-electron chi connectivity index (χ3n) is 2.35. The van der Waals surface area contributed by atoms with Gasteiger partial charge in [-0.1, -0.05) is 19.9 Å². The molecule has 0 aromatic heterocycles. The van der Waals surface area contributed by atoms with E-state index in [2.05, 4.69) is 13.8 Å². The summed E-state index contributed by atoms with van der Waals surface area (Å²) in [5, 5.41) is 9.08. The Kier molecular flexibility index (Phi) is 6.54. The van der Waals surface area contributed by atoms with Gasteiger partial charge >= 0.3 is 0 Å². The van der Waals surface area contributed by atoms with Gasteiger partial charge in [-0.05, 0) is 23.6 Å². The van der Waals surface area contributed by atoms with E-state index in [0.29, 0.717) is 30.6 Å². The number of aliphatic hydroxyl groups is 1. The fourth-order valence-electron chi connectivity index (χ4n) is 1.46. The molecule has 4 nitrogen and oxygen atoms in total. The van der Waals surface area contributed by atoms with E-state index in [1.54, 1.807) is 25.3 Å². The topological polar surface area (TPSA) is 47.9 Å². The van der Waals surface area contributed by atoms with Gasteiger partial charge in [-0.25, -0.2) is 0 Å². The molecule has 4 heteroatoms. The zero-order valence-corrected chi connectivity index (χ0v) is 11.3. The Morgan fingerprint density at radius 3 is 2.56 bits per heavy atom. The molecule has 0 saturated carbocycles. The molecule has 0 spiro atoms. The minimum atomic E-state index is -0.00972. The van der Waals surface area contributed by atoms with Crippen molar-refractivity contribution in [2.45, 2.75) is 20.5 Å². The van der Waals surface area contributed by atoms with Gasteiger partial charge in [-0.2, -0.15) is 0 Å². The fourth-order valence-corrected chi connectivity index (χ4v) is 1.46. The van der Waals surface area contributed by atoms with Gasteiger partial charge in [0.1, 0.15) is 6.61 Å². The molecule has 0 fully saturated rings. The van der Waals surface area contributed by atoms with Gasteiger partial charge in [-0.3, -0.25) is 0 Å². The standard InChI is InChI=1S/C14H22O4/c1-11(2)10-17-6-7-18-14-8-12(9-15)4-5-13(14)16-3/h4-5,8,11,15H,6-7,9-10H2,1-3H3. The summed E-state index contributed by atoms with van der Waals surface area (Å²) in [4.78, 5) is 0. The average Bonchev–Trinajstić information content (AvgIpc) is 2.37. The molecule has 1 N–H and O–H groups in total. The van der Waals surface area contributed by atoms with Gasteiger partial charge < -0.3 is 19.3 Å². The van der Waals surface area contributed by atoms with Gasteiger partial charge in [-0.15, -0.1) is 0 Å². The van der Waals surface area contributed by atoms with Crippen LogP contribution >= 0.6 is 0 Å². The lowest BCUT2D eigenvalue weighted by molar-refractivity contribution is 0.0810. The summed E-state index contributed by atoms with van der Waals surface area (Å²) in [6.45, 7) is 5.95. The van der Waals surface area contributed by atoms with Crippen LogP contribution in [0.1, 0.15) is 19.4 Å². The molecule has 0 heterocycles. The van der Waals surface area contributed by atoms with Crippen molar-refractivity contribution in [1.29, 1.82) is 0 Å². The molecule has 0 aliphatic carbocycles. The third-order valence-corrected chi connectivity index (χ3v) is 2.35. The van der Waals surface area contributed by atoms with Crippen LogP contribution in [0.4, 0.5) is 0 Å². The zero-order valence-electron chi connectivity index (χ0n) is 11.3. The van der Waals surface area contributed by atoms with E-state index >= 15 is 0 Å². The minimum absolute atomic E-state index is 0.00972. The van der Waals surface area contributed by atoms with Crippen LogP contribution in [0.15, 0.2) is 18.2 Å². The number of aliphatic hydroxyl groups excluding tert-OH is 1. The summed E-state index contributed by atoms with van der Waals surface area (Å²) in [6.07, 6.45) is 0. The zero-order chi connectivity index (χ0) is 13.4. The SMILES string of the molecule is COc1ccc(CO)cc1OCCOCC(C)C. The number of ether oxygens (including phenoxy) is 3. The lowest BCUT2D eigenvalue weighted by Gasteiger charge is -2.12. The van der Waals surface area contributed by atoms with Crippen LogP contribution in [-0.4, -0.2) is 32.0 Å². The second-order valence-electron chi connectivity index (χ2n) is 4.46. The van der Waals surface area contributed by atoms with Crippen molar-refractivity contribution in [3.05, 3.63) is 23.8 Å². The minimum Gasteiger partial charge on any atom is -0.493 e. The largest absolute Gasteiger partial charge is 0.493 e. The van der Waals surface area contributed by atoms with Crippen molar-refractivity contribution in [2.24, 2.45) is 5.92 Å². The number of rotatable bonds is 8. The first-order valence-corrected chi connectivity index (χ1v) is 6.15. The van der Waals surface area contributed by atoms with Crippen molar-refractivity contribution in [3.8, 4) is 11.5 Å². The van der Waals surface area contributed by atoms with Crippen molar-refractivity contribution >= 4 is 0 Å². The molecule has 0 atom stereocenters. The van der Waals surface area contributed by atoms with Gasteiger partial charge in [0.25, 0.3) is 0 Å². The Hall–Kier alpha value is -1.26. The molecule has 0 unspecified atom stereocenters. The predicted molar refractivity (Wildman–Crippen MR) is 70.1 cm³/mol. The molecule has 0 radical (unpaired) electrons. The molecular weight excluding hydrogens is 232 g/mol. The third kappa shape index (κ3) is 4.94. The van der Waals surface area contributed by atoms with E-state index < -0.39 is 0 Å². The van der Waals surface area contributed by atoms with Crippen LogP contribution < -0.4 is 9.47 Å². The van der Waals surface area contributed by atoms with Crippen molar-refractivity contribution in [3.63, 3.8) is 0 Å². The molecule has 0 bridgehead atoms. The van der Waals surface area contributed by atoms with E-state index in [1.165, 1.54) is 0 Å². The molecule has 102 valence electrons. The highest BCUT2D eigenvalue weighted by atomic mass is 16.5. The maximum Gasteiger partial charge on any atom is 0.161 e. The number of hydrogen-bond acceptors (Lipinski definition) is 4. The molecule has 0 aliphatic rings. The summed E-state index contributed by atoms with van der Waals surface area (Å²) in [7, 11) is 1.59. The Bertz CT molecular complexity index is 350. The summed E-state index contributed by atoms with van der Waals surface area (Å²) < 4.78 is 16.2. The number of methoxy groups -OCH3 is 1. The quantitative estimate of drug-likeness (QED) is 0.723. The van der Waals surface area contributed by atoms with E-state index in [9.17, 15) is 0 Å². The fraction of sp³-hybridized carbons (Fsp3) is 0.571. The summed E-state index contributed by atoms with van der Waals surface area (Å²) in [6, 6.07) is 5.37. The van der Waals surface area contributed by atoms with E-state index in [0.717, 1.165) is 12.2 Å². The molecule has 1 aromatic carbocycles. The average molecular weight is 254 g/mol. The van der Waals surface area contributed by atoms with E-state index in [-0.39, 0.29) is 6.61 Å². The monoisotopic (exact) mass is 254 g/mol. The highest BCUT2D eigenvalue weighted by molar-refractivity contribution is 5.42.